The van der Waals surface area contributed by atoms with Gasteiger partial charge in [-0.3, -0.25) is 0 Å². The van der Waals surface area contributed by atoms with Crippen LogP contribution in [0.5, 0.6) is 0 Å². The summed E-state index contributed by atoms with van der Waals surface area (Å²) in [4.78, 5) is 28.2. The third kappa shape index (κ3) is 5.12. The summed E-state index contributed by atoms with van der Waals surface area (Å²) < 4.78 is 16.4. The Morgan fingerprint density at radius 3 is 2.62 bits per heavy atom. The maximum Gasteiger partial charge on any atom is 0.374 e. The number of fused-ring (bicyclic) bond motifs is 1. The van der Waals surface area contributed by atoms with Gasteiger partial charge in [-0.25, -0.2) is 19.2 Å². The number of carboxylic acid groups (broad SMARTS) is 1. The first-order chi connectivity index (χ1) is 19.4. The molecule has 3 aromatic rings. The van der Waals surface area contributed by atoms with Crippen LogP contribution in [0.15, 0.2) is 24.3 Å². The summed E-state index contributed by atoms with van der Waals surface area (Å²) in [6, 6.07) is 6.92. The first kappa shape index (κ1) is 26.5. The van der Waals surface area contributed by atoms with Crippen LogP contribution in [-0.2, 0) is 6.54 Å². The number of rotatable bonds is 8. The van der Waals surface area contributed by atoms with Gasteiger partial charge in [0.2, 0.25) is 11.8 Å². The number of imidazole rings is 1. The molecular weight excluding hydrogens is 507 g/mol. The van der Waals surface area contributed by atoms with Gasteiger partial charge in [0.15, 0.2) is 11.5 Å². The Hall–Kier alpha value is -3.67. The minimum absolute atomic E-state index is 0.0272. The van der Waals surface area contributed by atoms with Gasteiger partial charge in [-0.1, -0.05) is 18.6 Å². The molecule has 2 saturated carbocycles. The highest BCUT2D eigenvalue weighted by atomic mass is 19.1. The zero-order chi connectivity index (χ0) is 27.8. The van der Waals surface area contributed by atoms with Crippen molar-refractivity contribution in [2.75, 3.05) is 16.8 Å². The summed E-state index contributed by atoms with van der Waals surface area (Å²) >= 11 is 0. The molecular formula is C31H37FN6O2. The highest BCUT2D eigenvalue weighted by Gasteiger charge is 2.34. The number of carboxylic acids is 1. The average Bonchev–Trinajstić information content (AvgIpc) is 3.53. The van der Waals surface area contributed by atoms with E-state index in [2.05, 4.69) is 37.6 Å². The molecule has 0 bridgehead atoms. The van der Waals surface area contributed by atoms with Crippen molar-refractivity contribution >= 4 is 28.9 Å². The fourth-order valence-corrected chi connectivity index (χ4v) is 6.72. The molecule has 40 heavy (non-hydrogen) atoms. The monoisotopic (exact) mass is 544 g/mol. The second kappa shape index (κ2) is 11.1. The molecule has 1 saturated heterocycles. The number of halogens is 1. The Morgan fingerprint density at radius 2 is 1.95 bits per heavy atom. The number of aromatic carboxylic acids is 1. The van der Waals surface area contributed by atoms with Crippen molar-refractivity contribution in [2.24, 2.45) is 17.8 Å². The number of benzene rings is 1. The molecule has 3 aliphatic rings. The van der Waals surface area contributed by atoms with E-state index in [1.54, 1.807) is 12.1 Å². The lowest BCUT2D eigenvalue weighted by Crippen LogP contribution is -2.32. The van der Waals surface area contributed by atoms with E-state index in [1.165, 1.54) is 12.5 Å². The predicted molar refractivity (Wildman–Crippen MR) is 153 cm³/mol. The van der Waals surface area contributed by atoms with Crippen LogP contribution in [0, 0.1) is 35.9 Å². The molecule has 3 fully saturated rings. The van der Waals surface area contributed by atoms with Crippen LogP contribution < -0.4 is 10.2 Å². The van der Waals surface area contributed by atoms with Crippen LogP contribution in [0.1, 0.15) is 86.9 Å². The van der Waals surface area contributed by atoms with Gasteiger partial charge >= 0.3 is 5.97 Å². The van der Waals surface area contributed by atoms with Gasteiger partial charge in [0.05, 0.1) is 6.04 Å². The SMILES string of the molecule is C#C[C@H]1CC[C@H](Cn2c(N3CCCC3c3cccc(F)c3)nc3nc(C(=O)O)nc(N[C@H](C)C4CCC4)c32)CC1. The molecule has 6 rings (SSSR count). The summed E-state index contributed by atoms with van der Waals surface area (Å²) in [6.45, 7) is 3.63. The van der Waals surface area contributed by atoms with Crippen molar-refractivity contribution < 1.29 is 14.3 Å². The van der Waals surface area contributed by atoms with Crippen molar-refractivity contribution in [3.05, 3.63) is 41.5 Å². The molecule has 8 nitrogen and oxygen atoms in total. The molecule has 2 N–H and O–H groups in total. The lowest BCUT2D eigenvalue weighted by Gasteiger charge is -2.33. The molecule has 0 amide bonds. The molecule has 1 aromatic carbocycles. The van der Waals surface area contributed by atoms with E-state index in [0.29, 0.717) is 29.2 Å². The van der Waals surface area contributed by atoms with Crippen LogP contribution in [0.25, 0.3) is 11.2 Å². The normalized spacial score (nSPS) is 24.0. The number of carbonyl (C=O) groups is 1. The Morgan fingerprint density at radius 1 is 1.15 bits per heavy atom. The molecule has 2 aromatic heterocycles. The average molecular weight is 545 g/mol. The highest BCUT2D eigenvalue weighted by Crippen LogP contribution is 2.40. The van der Waals surface area contributed by atoms with Gasteiger partial charge in [0.1, 0.15) is 11.3 Å². The Kier molecular flexibility index (Phi) is 7.35. The number of hydrogen-bond donors (Lipinski definition) is 2. The smallest absolute Gasteiger partial charge is 0.374 e. The molecule has 1 aliphatic heterocycles. The van der Waals surface area contributed by atoms with Crippen LogP contribution >= 0.6 is 0 Å². The van der Waals surface area contributed by atoms with Crippen molar-refractivity contribution in [3.63, 3.8) is 0 Å². The molecule has 2 atom stereocenters. The largest absolute Gasteiger partial charge is 0.475 e. The number of nitrogens with one attached hydrogen (secondary N) is 1. The zero-order valence-corrected chi connectivity index (χ0v) is 23.0. The molecule has 0 radical (unpaired) electrons. The number of terminal acetylenes is 1. The van der Waals surface area contributed by atoms with Gasteiger partial charge in [-0.15, -0.1) is 12.3 Å². The second-order valence-corrected chi connectivity index (χ2v) is 11.8. The summed E-state index contributed by atoms with van der Waals surface area (Å²) in [6.07, 6.45) is 15.1. The van der Waals surface area contributed by atoms with Crippen LogP contribution in [0.4, 0.5) is 16.2 Å². The van der Waals surface area contributed by atoms with Gasteiger partial charge in [-0.2, -0.15) is 4.98 Å². The Bertz CT molecular complexity index is 1440. The third-order valence-electron chi connectivity index (χ3n) is 9.26. The van der Waals surface area contributed by atoms with Gasteiger partial charge in [0.25, 0.3) is 0 Å². The standard InChI is InChI=1S/C31H37FN6O2/c1-3-20-12-14-21(15-13-20)18-38-26-27(33-19(2)22-7-4-8-22)34-29(30(39)40)35-28(26)36-31(38)37-16-6-11-25(37)23-9-5-10-24(32)17-23/h1,5,9-10,17,19-22,25H,4,6-8,11-16,18H2,2H3,(H,39,40)(H,33,34,35)/t19-,20-,21-,25?/m1/s1. The molecule has 0 spiro atoms. The number of aromatic nitrogens is 4. The minimum Gasteiger partial charge on any atom is -0.475 e. The zero-order valence-electron chi connectivity index (χ0n) is 23.0. The van der Waals surface area contributed by atoms with E-state index in [0.717, 1.165) is 81.5 Å². The fraction of sp³-hybridized carbons (Fsp3) is 0.548. The third-order valence-corrected chi connectivity index (χ3v) is 9.26. The van der Waals surface area contributed by atoms with E-state index in [1.807, 2.05) is 6.07 Å². The van der Waals surface area contributed by atoms with Crippen molar-refractivity contribution in [1.82, 2.24) is 19.5 Å². The topological polar surface area (TPSA) is 96.2 Å². The van der Waals surface area contributed by atoms with Crippen molar-refractivity contribution in [2.45, 2.75) is 83.3 Å². The fourth-order valence-electron chi connectivity index (χ4n) is 6.72. The minimum atomic E-state index is -1.18. The quantitative estimate of drug-likeness (QED) is 0.334. The van der Waals surface area contributed by atoms with Crippen molar-refractivity contribution in [1.29, 1.82) is 0 Å². The number of nitrogens with zero attached hydrogens (tertiary/aromatic N) is 5. The maximum absolute atomic E-state index is 14.2. The summed E-state index contributed by atoms with van der Waals surface area (Å²) in [5.74, 6) is 3.78. The van der Waals surface area contributed by atoms with E-state index >= 15 is 0 Å². The molecule has 2 aliphatic carbocycles. The first-order valence-corrected chi connectivity index (χ1v) is 14.7. The number of hydrogen-bond acceptors (Lipinski definition) is 6. The van der Waals surface area contributed by atoms with Crippen LogP contribution in [-0.4, -0.2) is 43.2 Å². The van der Waals surface area contributed by atoms with Gasteiger partial charge in [-0.05, 0) is 87.8 Å². The first-order valence-electron chi connectivity index (χ1n) is 14.7. The van der Waals surface area contributed by atoms with E-state index in [-0.39, 0.29) is 23.7 Å². The van der Waals surface area contributed by atoms with E-state index in [9.17, 15) is 14.3 Å². The van der Waals surface area contributed by atoms with Crippen LogP contribution in [0.3, 0.4) is 0 Å². The highest BCUT2D eigenvalue weighted by molar-refractivity contribution is 5.91. The maximum atomic E-state index is 14.2. The predicted octanol–water partition coefficient (Wildman–Crippen LogP) is 6.05. The molecule has 9 heteroatoms. The van der Waals surface area contributed by atoms with Gasteiger partial charge in [0, 0.05) is 25.0 Å². The Labute approximate surface area is 234 Å². The second-order valence-electron chi connectivity index (χ2n) is 11.8. The molecule has 1 unspecified atom stereocenters. The lowest BCUT2D eigenvalue weighted by molar-refractivity contribution is 0.0684. The number of anilines is 2. The molecule has 210 valence electrons. The van der Waals surface area contributed by atoms with Gasteiger partial charge < -0.3 is 19.9 Å². The van der Waals surface area contributed by atoms with E-state index in [4.69, 9.17) is 11.4 Å². The summed E-state index contributed by atoms with van der Waals surface area (Å²) in [5, 5.41) is 13.4. The lowest BCUT2D eigenvalue weighted by atomic mass is 9.80. The summed E-state index contributed by atoms with van der Waals surface area (Å²) in [7, 11) is 0. The van der Waals surface area contributed by atoms with Crippen molar-refractivity contribution in [3.8, 4) is 12.3 Å². The van der Waals surface area contributed by atoms with Crippen LogP contribution in [0.2, 0.25) is 0 Å². The summed E-state index contributed by atoms with van der Waals surface area (Å²) in [5.41, 5.74) is 2.04. The molecule has 3 heterocycles. The van der Waals surface area contributed by atoms with E-state index < -0.39 is 5.97 Å². The Balaban J connectivity index is 1.46.